The lowest BCUT2D eigenvalue weighted by Gasteiger charge is -2.17. The van der Waals surface area contributed by atoms with Crippen LogP contribution >= 0.6 is 11.6 Å². The van der Waals surface area contributed by atoms with Crippen molar-refractivity contribution >= 4 is 29.1 Å². The summed E-state index contributed by atoms with van der Waals surface area (Å²) in [6.45, 7) is 1.46. The third kappa shape index (κ3) is 5.22. The first kappa shape index (κ1) is 19.8. The molecule has 26 heavy (non-hydrogen) atoms. The molecule has 0 aliphatic carbocycles. The summed E-state index contributed by atoms with van der Waals surface area (Å²) in [5, 5.41) is 5.84. The molecule has 0 spiro atoms. The van der Waals surface area contributed by atoms with Gasteiger partial charge in [-0.05, 0) is 30.7 Å². The summed E-state index contributed by atoms with van der Waals surface area (Å²) in [7, 11) is 1.42. The second-order valence-corrected chi connectivity index (χ2v) is 6.11. The molecule has 0 unspecified atom stereocenters. The molecule has 0 aliphatic rings. The second-order valence-electron chi connectivity index (χ2n) is 5.71. The van der Waals surface area contributed by atoms with Gasteiger partial charge in [-0.1, -0.05) is 11.6 Å². The number of halogens is 4. The molecule has 2 rings (SSSR count). The van der Waals surface area contributed by atoms with Crippen molar-refractivity contribution in [1.82, 2.24) is 14.7 Å². The summed E-state index contributed by atoms with van der Waals surface area (Å²) in [6, 6.07) is 3.05. The van der Waals surface area contributed by atoms with Gasteiger partial charge in [0.2, 0.25) is 11.8 Å². The lowest BCUT2D eigenvalue weighted by molar-refractivity contribution is -0.137. The van der Waals surface area contributed by atoms with Crippen LogP contribution in [0.25, 0.3) is 0 Å². The molecule has 140 valence electrons. The molecule has 1 aromatic carbocycles. The molecule has 1 N–H and O–H groups in total. The normalized spacial score (nSPS) is 11.3. The first-order chi connectivity index (χ1) is 12.1. The maximum Gasteiger partial charge on any atom is 0.417 e. The number of nitrogens with zero attached hydrogens (tertiary/aromatic N) is 3. The fourth-order valence-corrected chi connectivity index (χ4v) is 2.36. The standard InChI is InChI=1S/C16H16ClF3N4O2/c1-10-6-21-24(7-10)9-15(26)23(2)8-14(25)22-11-3-4-13(17)12(5-11)16(18,19)20/h3-7H,8-9H2,1-2H3,(H,22,25). The van der Waals surface area contributed by atoms with E-state index in [2.05, 4.69) is 10.4 Å². The molecule has 0 saturated heterocycles. The first-order valence-corrected chi connectivity index (χ1v) is 7.83. The van der Waals surface area contributed by atoms with Crippen molar-refractivity contribution in [3.8, 4) is 0 Å². The maximum absolute atomic E-state index is 12.8. The Balaban J connectivity index is 1.96. The molecule has 2 amide bonds. The molecular weight excluding hydrogens is 373 g/mol. The number of likely N-dealkylation sites (N-methyl/N-ethyl adjacent to an activating group) is 1. The number of hydrogen-bond acceptors (Lipinski definition) is 3. The predicted molar refractivity (Wildman–Crippen MR) is 89.7 cm³/mol. The van der Waals surface area contributed by atoms with Gasteiger partial charge in [0.1, 0.15) is 6.54 Å². The van der Waals surface area contributed by atoms with Crippen molar-refractivity contribution in [3.05, 3.63) is 46.7 Å². The van der Waals surface area contributed by atoms with Gasteiger partial charge in [-0.2, -0.15) is 18.3 Å². The number of carbonyl (C=O) groups excluding carboxylic acids is 2. The van der Waals surface area contributed by atoms with Crippen molar-refractivity contribution in [3.63, 3.8) is 0 Å². The van der Waals surface area contributed by atoms with Crippen LogP contribution < -0.4 is 5.32 Å². The SMILES string of the molecule is Cc1cnn(CC(=O)N(C)CC(=O)Nc2ccc(Cl)c(C(F)(F)F)c2)c1. The summed E-state index contributed by atoms with van der Waals surface area (Å²) < 4.78 is 39.9. The van der Waals surface area contributed by atoms with E-state index in [-0.39, 0.29) is 24.7 Å². The Kier molecular flexibility index (Phi) is 5.91. The first-order valence-electron chi connectivity index (χ1n) is 7.46. The molecule has 0 radical (unpaired) electrons. The van der Waals surface area contributed by atoms with E-state index >= 15 is 0 Å². The molecule has 1 heterocycles. The number of rotatable bonds is 5. The van der Waals surface area contributed by atoms with Crippen LogP contribution in [0.5, 0.6) is 0 Å². The lowest BCUT2D eigenvalue weighted by Crippen LogP contribution is -2.37. The van der Waals surface area contributed by atoms with E-state index in [1.54, 1.807) is 12.4 Å². The Hall–Kier alpha value is -2.55. The van der Waals surface area contributed by atoms with Crippen molar-refractivity contribution in [2.45, 2.75) is 19.6 Å². The van der Waals surface area contributed by atoms with Gasteiger partial charge in [0, 0.05) is 18.9 Å². The van der Waals surface area contributed by atoms with Crippen LogP contribution in [-0.2, 0) is 22.3 Å². The van der Waals surface area contributed by atoms with E-state index in [0.29, 0.717) is 0 Å². The molecule has 0 fully saturated rings. The minimum Gasteiger partial charge on any atom is -0.335 e. The molecule has 0 atom stereocenters. The van der Waals surface area contributed by atoms with Crippen molar-refractivity contribution in [2.75, 3.05) is 18.9 Å². The lowest BCUT2D eigenvalue weighted by atomic mass is 10.2. The van der Waals surface area contributed by atoms with Crippen LogP contribution in [0.2, 0.25) is 5.02 Å². The number of nitrogens with one attached hydrogen (secondary N) is 1. The second kappa shape index (κ2) is 7.77. The van der Waals surface area contributed by atoms with E-state index < -0.39 is 22.7 Å². The third-order valence-corrected chi connectivity index (χ3v) is 3.75. The number of carbonyl (C=O) groups is 2. The van der Waals surface area contributed by atoms with E-state index in [4.69, 9.17) is 11.6 Å². The summed E-state index contributed by atoms with van der Waals surface area (Å²) >= 11 is 5.53. The van der Waals surface area contributed by atoms with Gasteiger partial charge in [-0.15, -0.1) is 0 Å². The molecule has 1 aromatic heterocycles. The Morgan fingerprint density at radius 3 is 2.62 bits per heavy atom. The number of aryl methyl sites for hydroxylation is 1. The summed E-state index contributed by atoms with van der Waals surface area (Å²) in [5.74, 6) is -0.997. The minimum absolute atomic E-state index is 0.0449. The van der Waals surface area contributed by atoms with Crippen LogP contribution in [0.1, 0.15) is 11.1 Å². The topological polar surface area (TPSA) is 67.2 Å². The fraction of sp³-hybridized carbons (Fsp3) is 0.312. The van der Waals surface area contributed by atoms with Gasteiger partial charge in [-0.25, -0.2) is 0 Å². The zero-order valence-electron chi connectivity index (χ0n) is 14.0. The smallest absolute Gasteiger partial charge is 0.335 e. The Bertz CT molecular complexity index is 820. The number of anilines is 1. The van der Waals surface area contributed by atoms with Crippen molar-refractivity contribution in [1.29, 1.82) is 0 Å². The molecule has 0 aliphatic heterocycles. The van der Waals surface area contributed by atoms with Gasteiger partial charge < -0.3 is 10.2 Å². The number of benzene rings is 1. The summed E-state index contributed by atoms with van der Waals surface area (Å²) in [5.41, 5.74) is -0.216. The van der Waals surface area contributed by atoms with Crippen LogP contribution in [0, 0.1) is 6.92 Å². The number of hydrogen-bond donors (Lipinski definition) is 1. The monoisotopic (exact) mass is 388 g/mol. The molecule has 0 bridgehead atoms. The van der Waals surface area contributed by atoms with Gasteiger partial charge in [0.05, 0.1) is 23.3 Å². The van der Waals surface area contributed by atoms with Crippen LogP contribution in [0.15, 0.2) is 30.6 Å². The average Bonchev–Trinajstić information content (AvgIpc) is 2.93. The zero-order chi connectivity index (χ0) is 19.5. The van der Waals surface area contributed by atoms with E-state index in [9.17, 15) is 22.8 Å². The number of alkyl halides is 3. The van der Waals surface area contributed by atoms with Crippen LogP contribution in [0.3, 0.4) is 0 Å². The van der Waals surface area contributed by atoms with E-state index in [1.807, 2.05) is 6.92 Å². The Morgan fingerprint density at radius 2 is 2.04 bits per heavy atom. The van der Waals surface area contributed by atoms with Gasteiger partial charge >= 0.3 is 6.18 Å². The predicted octanol–water partition coefficient (Wildman–Crippen LogP) is 2.96. The highest BCUT2D eigenvalue weighted by molar-refractivity contribution is 6.31. The largest absolute Gasteiger partial charge is 0.417 e. The van der Waals surface area contributed by atoms with Crippen molar-refractivity contribution in [2.24, 2.45) is 0 Å². The molecule has 6 nitrogen and oxygen atoms in total. The molecule has 2 aromatic rings. The number of aromatic nitrogens is 2. The van der Waals surface area contributed by atoms with Gasteiger partial charge in [0.25, 0.3) is 0 Å². The average molecular weight is 389 g/mol. The highest BCUT2D eigenvalue weighted by atomic mass is 35.5. The summed E-state index contributed by atoms with van der Waals surface area (Å²) in [6.07, 6.45) is -1.36. The van der Waals surface area contributed by atoms with E-state index in [0.717, 1.165) is 22.6 Å². The van der Waals surface area contributed by atoms with Crippen molar-refractivity contribution < 1.29 is 22.8 Å². The highest BCUT2D eigenvalue weighted by Gasteiger charge is 2.33. The fourth-order valence-electron chi connectivity index (χ4n) is 2.14. The van der Waals surface area contributed by atoms with Crippen LogP contribution in [-0.4, -0.2) is 40.1 Å². The quantitative estimate of drug-likeness (QED) is 0.856. The molecular formula is C16H16ClF3N4O2. The Labute approximate surface area is 152 Å². The zero-order valence-corrected chi connectivity index (χ0v) is 14.7. The Morgan fingerprint density at radius 1 is 1.35 bits per heavy atom. The third-order valence-electron chi connectivity index (χ3n) is 3.42. The maximum atomic E-state index is 12.8. The van der Waals surface area contributed by atoms with Crippen LogP contribution in [0.4, 0.5) is 18.9 Å². The summed E-state index contributed by atoms with van der Waals surface area (Å²) in [4.78, 5) is 25.2. The van der Waals surface area contributed by atoms with E-state index in [1.165, 1.54) is 17.8 Å². The number of amides is 2. The highest BCUT2D eigenvalue weighted by Crippen LogP contribution is 2.36. The van der Waals surface area contributed by atoms with Gasteiger partial charge in [0.15, 0.2) is 0 Å². The minimum atomic E-state index is -4.63. The van der Waals surface area contributed by atoms with Gasteiger partial charge in [-0.3, -0.25) is 14.3 Å². The molecule has 10 heteroatoms. The molecule has 0 saturated carbocycles.